The normalized spacial score (nSPS) is 25.3. The Balaban J connectivity index is 1.15. The maximum absolute atomic E-state index is 15.6. The van der Waals surface area contributed by atoms with Crippen molar-refractivity contribution in [1.82, 2.24) is 87.6 Å². The van der Waals surface area contributed by atoms with Crippen molar-refractivity contribution in [2.24, 2.45) is 23.1 Å². The number of H-pyrrole nitrogens is 2. The largest absolute Gasteiger partial charge is 0.508 e. The molecule has 0 spiro atoms. The predicted molar refractivity (Wildman–Crippen MR) is 465 cm³/mol. The summed E-state index contributed by atoms with van der Waals surface area (Å²) in [6, 6.07) is -0.915. The van der Waals surface area contributed by atoms with Gasteiger partial charge in [0.2, 0.25) is 100 Å². The molecule has 8 rings (SSSR count). The number of aliphatic hydroxyl groups excluding tert-OH is 1. The number of unbranched alkanes of at least 4 members (excludes halogenated alkanes) is 1. The van der Waals surface area contributed by atoms with Crippen molar-refractivity contribution in [2.75, 3.05) is 77.4 Å². The number of rotatable bonds is 21. The summed E-state index contributed by atoms with van der Waals surface area (Å²) in [5, 5.41) is 48.7. The summed E-state index contributed by atoms with van der Waals surface area (Å²) < 4.78 is 0. The first-order chi connectivity index (χ1) is 59.5. The third-order valence-corrected chi connectivity index (χ3v) is 24.1. The number of fused-ring (bicyclic) bond motifs is 4. The molecule has 3 aliphatic heterocycles. The van der Waals surface area contributed by atoms with Crippen LogP contribution >= 0.6 is 23.5 Å². The van der Waals surface area contributed by atoms with Crippen LogP contribution in [0.4, 0.5) is 0 Å². The number of carbonyl (C=O) groups excluding carboxylic acids is 17. The first-order valence-electron chi connectivity index (χ1n) is 41.7. The number of nitrogens with zero attached hydrogens (tertiary/aromatic N) is 5. The average molecular weight is 1780 g/mol. The Bertz CT molecular complexity index is 4720. The van der Waals surface area contributed by atoms with E-state index in [2.05, 4.69) is 63.1 Å². The molecular formula is C84H118N20O19S2. The minimum atomic E-state index is -1.83. The number of aromatic amines is 2. The van der Waals surface area contributed by atoms with Crippen LogP contribution in [0.2, 0.25) is 0 Å². The number of primary amides is 2. The Morgan fingerprint density at radius 3 is 1.62 bits per heavy atom. The molecule has 3 fully saturated rings. The van der Waals surface area contributed by atoms with Gasteiger partial charge in [-0.3, -0.25) is 81.5 Å². The summed E-state index contributed by atoms with van der Waals surface area (Å²) in [7, 11) is 3.94. The van der Waals surface area contributed by atoms with Gasteiger partial charge in [-0.25, -0.2) is 0 Å². The van der Waals surface area contributed by atoms with Crippen molar-refractivity contribution in [3.8, 4) is 5.75 Å². The zero-order valence-electron chi connectivity index (χ0n) is 71.7. The van der Waals surface area contributed by atoms with E-state index in [9.17, 15) is 63.0 Å². The highest BCUT2D eigenvalue weighted by Crippen LogP contribution is 2.27. The lowest BCUT2D eigenvalue weighted by Gasteiger charge is -2.36. The van der Waals surface area contributed by atoms with Crippen molar-refractivity contribution < 1.29 is 91.7 Å². The van der Waals surface area contributed by atoms with Crippen LogP contribution in [-0.2, 0) is 101 Å². The van der Waals surface area contributed by atoms with E-state index < -0.39 is 223 Å². The minimum Gasteiger partial charge on any atom is -0.508 e. The highest BCUT2D eigenvalue weighted by atomic mass is 32.2. The Kier molecular flexibility index (Phi) is 36.9. The molecule has 0 bridgehead atoms. The number of likely N-dealkylation sites (N-methyl/N-ethyl adjacent to an activating group) is 3. The van der Waals surface area contributed by atoms with Gasteiger partial charge in [0.1, 0.15) is 90.3 Å². The lowest BCUT2D eigenvalue weighted by atomic mass is 10.0. The SMILES string of the molecule is CCCC[C@H]1C(=O)N(C)[C@@H](CCSC)C(=O)N[C@@H](C)C(=O)NC(C(=O)NCC(N)=O)CSCC(=O)N[C@@H](Cc2ccc(O)cc2)C(=O)N(C)[C@@H](C)C(=O)N[C@@H](CC(N)=O)C(=O)N2CCC[C@H]2C(=O)N[C@@H](CN)C(=O)N[C@@H](CC(C)C)C(=O)N2CCC[C@H]2C(=O)N[C@@H](Cc2c[nH]c3ccccc23)C(=O)N[C@@H](CO)C(=O)N[C@@H](Cc2c[nH]c3ccccc23)C(=O)N1C. The van der Waals surface area contributed by atoms with Crippen LogP contribution in [0.25, 0.3) is 21.8 Å². The zero-order valence-corrected chi connectivity index (χ0v) is 73.3. The molecule has 0 saturated carbocycles. The van der Waals surface area contributed by atoms with Crippen LogP contribution in [0.5, 0.6) is 5.75 Å². The van der Waals surface area contributed by atoms with Crippen molar-refractivity contribution in [1.29, 1.82) is 0 Å². The van der Waals surface area contributed by atoms with E-state index >= 15 is 28.8 Å². The van der Waals surface area contributed by atoms with E-state index in [0.717, 1.165) is 31.4 Å². The molecule has 1 unspecified atom stereocenters. The Morgan fingerprint density at radius 1 is 0.552 bits per heavy atom. The number of benzene rings is 3. The second-order valence-electron chi connectivity index (χ2n) is 32.1. The Morgan fingerprint density at radius 2 is 1.06 bits per heavy atom. The fourth-order valence-electron chi connectivity index (χ4n) is 15.4. The minimum absolute atomic E-state index is 0.00146. The third kappa shape index (κ3) is 26.8. The highest BCUT2D eigenvalue weighted by molar-refractivity contribution is 8.00. The molecule has 41 heteroatoms. The summed E-state index contributed by atoms with van der Waals surface area (Å²) in [6.07, 6.45) is 5.05. The smallest absolute Gasteiger partial charge is 0.246 e. The molecule has 39 nitrogen and oxygen atoms in total. The number of aromatic nitrogens is 2. The third-order valence-electron chi connectivity index (χ3n) is 22.4. The molecule has 17 amide bonds. The van der Waals surface area contributed by atoms with Crippen LogP contribution in [0.3, 0.4) is 0 Å². The van der Waals surface area contributed by atoms with Gasteiger partial charge in [0.05, 0.1) is 25.3 Å². The molecule has 3 saturated heterocycles. The van der Waals surface area contributed by atoms with Gasteiger partial charge in [-0.05, 0) is 118 Å². The van der Waals surface area contributed by atoms with Gasteiger partial charge in [-0.1, -0.05) is 82.1 Å². The van der Waals surface area contributed by atoms with Crippen LogP contribution in [-0.4, -0.2) is 307 Å². The lowest BCUT2D eigenvalue weighted by molar-refractivity contribution is -0.149. The van der Waals surface area contributed by atoms with Gasteiger partial charge in [-0.2, -0.15) is 11.8 Å². The molecule has 14 atom stereocenters. The van der Waals surface area contributed by atoms with Crippen molar-refractivity contribution in [3.05, 3.63) is 102 Å². The number of phenols is 1. The monoisotopic (exact) mass is 1770 g/mol. The van der Waals surface area contributed by atoms with Gasteiger partial charge in [0.25, 0.3) is 0 Å². The molecule has 2 aromatic heterocycles. The second kappa shape index (κ2) is 46.8. The maximum Gasteiger partial charge on any atom is 0.246 e. The number of nitrogens with one attached hydrogen (secondary N) is 12. The van der Waals surface area contributed by atoms with Crippen LogP contribution in [0, 0.1) is 5.92 Å². The molecule has 0 radical (unpaired) electrons. The molecular weight excluding hydrogens is 1660 g/mol. The maximum atomic E-state index is 15.6. The van der Waals surface area contributed by atoms with Crippen LogP contribution in [0.15, 0.2) is 85.2 Å². The number of para-hydroxylation sites is 2. The molecule has 0 aliphatic carbocycles. The lowest BCUT2D eigenvalue weighted by Crippen LogP contribution is -2.62. The quantitative estimate of drug-likeness (QED) is 0.0359. The van der Waals surface area contributed by atoms with Crippen LogP contribution in [0.1, 0.15) is 116 Å². The number of phenolic OH excluding ortho intramolecular Hbond substituents is 1. The molecule has 125 heavy (non-hydrogen) atoms. The number of hydrogen-bond donors (Lipinski definition) is 17. The summed E-state index contributed by atoms with van der Waals surface area (Å²) in [6.45, 7) is 5.63. The van der Waals surface area contributed by atoms with E-state index in [-0.39, 0.29) is 94.7 Å². The first kappa shape index (κ1) is 98.6. The van der Waals surface area contributed by atoms with E-state index in [1.165, 1.54) is 75.9 Å². The van der Waals surface area contributed by atoms with Gasteiger partial charge >= 0.3 is 0 Å². The van der Waals surface area contributed by atoms with Gasteiger partial charge in [0.15, 0.2) is 0 Å². The summed E-state index contributed by atoms with van der Waals surface area (Å²) >= 11 is 2.12. The summed E-state index contributed by atoms with van der Waals surface area (Å²) in [5.74, 6) is -16.3. The molecule has 5 heterocycles. The predicted octanol–water partition coefficient (Wildman–Crippen LogP) is -2.59. The van der Waals surface area contributed by atoms with Crippen molar-refractivity contribution in [3.63, 3.8) is 0 Å². The first-order valence-corrected chi connectivity index (χ1v) is 44.3. The number of nitrogens with two attached hydrogens (primary N) is 3. The average Bonchev–Trinajstić information content (AvgIpc) is 1.74. The van der Waals surface area contributed by atoms with Gasteiger partial charge in [0, 0.05) is 100.0 Å². The Hall–Kier alpha value is -11.9. The van der Waals surface area contributed by atoms with Crippen molar-refractivity contribution >= 4 is 146 Å². The second-order valence-corrected chi connectivity index (χ2v) is 34.1. The molecule has 20 N–H and O–H groups in total. The number of aromatic hydroxyl groups is 1. The standard InChI is InChI=1S/C84H118N20O19S2/c1-10-11-22-67-84(123)101(7)64(29-32-124-9)77(116)91-46(4)71(110)99-63(73(112)90-41-69(87)108)43-125-44-70(109)92-58(34-48-25-27-51(106)28-26-48)80(119)100(6)47(5)72(111)94-60(37-68(86)107)83(122)104-31-17-24-66(104)79(118)97-61(38-85)75(114)95-57(33-45(2)3)82(121)103-30-16-23-65(103)78(117)93-56(35-49-39-88-54-20-14-12-18-52(49)54)74(113)98-62(42-105)76(115)96-59(81(120)102(67)8)36-50-40-89-55-21-15-13-19-53(50)55/h12-15,18-21,25-28,39-40,45-47,56-67,88-89,105-106H,10-11,16-17,22-24,29-38,41-44,85H2,1-9H3,(H2,86,107)(H2,87,108)(H,90,112)(H,91,116)(H,92,109)(H,93,117)(H,94,111)(H,95,114)(H,96,115)(H,97,118)(H,98,113)(H,99,110)/t46-,47-,56-,57-,58-,59-,60-,61-,62-,63?,64-,65-,66-,67-/m0/s1. The number of hydrogen-bond acceptors (Lipinski definition) is 22. The van der Waals surface area contributed by atoms with Gasteiger partial charge in [-0.15, -0.1) is 11.8 Å². The fraction of sp³-hybridized carbons (Fsp3) is 0.536. The highest BCUT2D eigenvalue weighted by Gasteiger charge is 2.45. The molecule has 680 valence electrons. The Labute approximate surface area is 732 Å². The summed E-state index contributed by atoms with van der Waals surface area (Å²) in [5.41, 5.74) is 20.1. The number of amides is 17. The van der Waals surface area contributed by atoms with Gasteiger partial charge < -0.3 is 115 Å². The van der Waals surface area contributed by atoms with Crippen molar-refractivity contribution in [2.45, 2.75) is 203 Å². The molecule has 3 aromatic carbocycles. The van der Waals surface area contributed by atoms with E-state index in [0.29, 0.717) is 51.3 Å². The molecule has 3 aliphatic rings. The van der Waals surface area contributed by atoms with E-state index in [4.69, 9.17) is 17.2 Å². The fourth-order valence-corrected chi connectivity index (χ4v) is 16.7. The number of carbonyl (C=O) groups is 17. The van der Waals surface area contributed by atoms with E-state index in [1.54, 1.807) is 81.0 Å². The summed E-state index contributed by atoms with van der Waals surface area (Å²) in [4.78, 5) is 258. The van der Waals surface area contributed by atoms with E-state index in [1.807, 2.05) is 6.92 Å². The van der Waals surface area contributed by atoms with Crippen LogP contribution < -0.4 is 70.4 Å². The topological polar surface area (TPSA) is 577 Å². The number of aliphatic hydroxyl groups is 1. The zero-order chi connectivity index (χ0) is 91.6. The number of thioether (sulfide) groups is 2. The molecule has 5 aromatic rings.